The lowest BCUT2D eigenvalue weighted by Gasteiger charge is -2.07. The van der Waals surface area contributed by atoms with Crippen molar-refractivity contribution >= 4 is 16.9 Å². The second-order valence-electron chi connectivity index (χ2n) is 4.26. The predicted octanol–water partition coefficient (Wildman–Crippen LogP) is 2.72. The summed E-state index contributed by atoms with van der Waals surface area (Å²) in [5.41, 5.74) is 8.07. The van der Waals surface area contributed by atoms with Gasteiger partial charge >= 0.3 is 0 Å². The van der Waals surface area contributed by atoms with Crippen LogP contribution in [0.5, 0.6) is 0 Å². The highest BCUT2D eigenvalue weighted by molar-refractivity contribution is 5.86. The van der Waals surface area contributed by atoms with Crippen LogP contribution >= 0.6 is 0 Å². The van der Waals surface area contributed by atoms with Crippen molar-refractivity contribution in [3.8, 4) is 11.1 Å². The van der Waals surface area contributed by atoms with E-state index in [0.717, 1.165) is 16.5 Å². The quantitative estimate of drug-likeness (QED) is 0.725. The van der Waals surface area contributed by atoms with Gasteiger partial charge in [0.1, 0.15) is 17.5 Å². The molecule has 2 aromatic heterocycles. The fourth-order valence-electron chi connectivity index (χ4n) is 1.92. The average molecular weight is 254 g/mol. The van der Waals surface area contributed by atoms with Crippen molar-refractivity contribution in [3.05, 3.63) is 48.2 Å². The number of nitrogen functional groups attached to an aromatic ring is 1. The number of nitrogens with two attached hydrogens (primary N) is 1. The van der Waals surface area contributed by atoms with E-state index in [0.29, 0.717) is 17.3 Å². The highest BCUT2D eigenvalue weighted by Crippen LogP contribution is 2.27. The normalized spacial score (nSPS) is 10.8. The van der Waals surface area contributed by atoms with Gasteiger partial charge in [-0.1, -0.05) is 12.1 Å². The van der Waals surface area contributed by atoms with Crippen LogP contribution in [0.15, 0.2) is 36.5 Å². The first-order valence-corrected chi connectivity index (χ1v) is 5.79. The smallest absolute Gasteiger partial charge is 0.165 e. The summed E-state index contributed by atoms with van der Waals surface area (Å²) in [5, 5.41) is 0.805. The van der Waals surface area contributed by atoms with Crippen LogP contribution in [0.3, 0.4) is 0 Å². The van der Waals surface area contributed by atoms with Crippen LogP contribution in [0, 0.1) is 12.7 Å². The second kappa shape index (κ2) is 4.28. The van der Waals surface area contributed by atoms with E-state index in [1.807, 2.05) is 6.07 Å². The minimum absolute atomic E-state index is 0.282. The average Bonchev–Trinajstić information content (AvgIpc) is 2.39. The van der Waals surface area contributed by atoms with E-state index in [1.165, 1.54) is 12.1 Å². The highest BCUT2D eigenvalue weighted by Gasteiger charge is 2.08. The maximum atomic E-state index is 12.9. The van der Waals surface area contributed by atoms with Gasteiger partial charge in [0, 0.05) is 17.1 Å². The molecule has 0 fully saturated rings. The molecule has 2 N–H and O–H groups in total. The maximum absolute atomic E-state index is 12.9. The minimum atomic E-state index is -0.282. The number of rotatable bonds is 1. The molecular formula is C14H11FN4. The zero-order chi connectivity index (χ0) is 13.4. The van der Waals surface area contributed by atoms with Crippen molar-refractivity contribution < 1.29 is 4.39 Å². The number of hydrogen-bond acceptors (Lipinski definition) is 4. The summed E-state index contributed by atoms with van der Waals surface area (Å²) in [6, 6.07) is 7.99. The first-order chi connectivity index (χ1) is 9.13. The van der Waals surface area contributed by atoms with Crippen molar-refractivity contribution in [3.63, 3.8) is 0 Å². The standard InChI is InChI=1S/C14H11FN4/c1-8-17-7-10-6-12(13(16)19-14(10)18-8)9-2-4-11(15)5-3-9/h2-7H,1H3,(H2,16,17,18,19). The summed E-state index contributed by atoms with van der Waals surface area (Å²) in [6.07, 6.45) is 1.71. The monoisotopic (exact) mass is 254 g/mol. The van der Waals surface area contributed by atoms with Crippen LogP contribution in [0.1, 0.15) is 5.82 Å². The summed E-state index contributed by atoms with van der Waals surface area (Å²) in [5.74, 6) is 0.737. The number of aromatic nitrogens is 3. The highest BCUT2D eigenvalue weighted by atomic mass is 19.1. The molecule has 0 saturated carbocycles. The SMILES string of the molecule is Cc1ncc2cc(-c3ccc(F)cc3)c(N)nc2n1. The van der Waals surface area contributed by atoms with Gasteiger partial charge in [-0.25, -0.2) is 19.3 Å². The lowest BCUT2D eigenvalue weighted by molar-refractivity contribution is 0.628. The van der Waals surface area contributed by atoms with Gasteiger partial charge in [-0.05, 0) is 30.7 Å². The van der Waals surface area contributed by atoms with Gasteiger partial charge < -0.3 is 5.73 Å². The summed E-state index contributed by atoms with van der Waals surface area (Å²) in [4.78, 5) is 12.6. The van der Waals surface area contributed by atoms with Crippen molar-refractivity contribution in [2.24, 2.45) is 0 Å². The molecule has 1 aromatic carbocycles. The van der Waals surface area contributed by atoms with Crippen molar-refractivity contribution in [1.29, 1.82) is 0 Å². The molecule has 0 bridgehead atoms. The molecule has 0 saturated heterocycles. The molecule has 5 heteroatoms. The Hall–Kier alpha value is -2.56. The van der Waals surface area contributed by atoms with Crippen molar-refractivity contribution in [2.75, 3.05) is 5.73 Å². The minimum Gasteiger partial charge on any atom is -0.383 e. The van der Waals surface area contributed by atoms with Crippen LogP contribution < -0.4 is 5.73 Å². The van der Waals surface area contributed by atoms with E-state index in [4.69, 9.17) is 5.73 Å². The summed E-state index contributed by atoms with van der Waals surface area (Å²) in [6.45, 7) is 1.80. The molecule has 19 heavy (non-hydrogen) atoms. The Morgan fingerprint density at radius 2 is 1.84 bits per heavy atom. The Bertz CT molecular complexity index is 753. The number of nitrogens with zero attached hydrogens (tertiary/aromatic N) is 3. The van der Waals surface area contributed by atoms with E-state index in [1.54, 1.807) is 25.3 Å². The molecule has 94 valence electrons. The van der Waals surface area contributed by atoms with Gasteiger partial charge in [-0.3, -0.25) is 0 Å². The fourth-order valence-corrected chi connectivity index (χ4v) is 1.92. The molecule has 0 aliphatic heterocycles. The van der Waals surface area contributed by atoms with E-state index in [-0.39, 0.29) is 5.82 Å². The van der Waals surface area contributed by atoms with Gasteiger partial charge in [0.05, 0.1) is 0 Å². The largest absolute Gasteiger partial charge is 0.383 e. The molecule has 0 radical (unpaired) electrons. The summed E-state index contributed by atoms with van der Waals surface area (Å²) < 4.78 is 12.9. The number of benzene rings is 1. The van der Waals surface area contributed by atoms with E-state index >= 15 is 0 Å². The Kier molecular flexibility index (Phi) is 2.59. The number of hydrogen-bond donors (Lipinski definition) is 1. The van der Waals surface area contributed by atoms with Gasteiger partial charge in [0.2, 0.25) is 0 Å². The van der Waals surface area contributed by atoms with Gasteiger partial charge in [-0.15, -0.1) is 0 Å². The Balaban J connectivity index is 2.21. The lowest BCUT2D eigenvalue weighted by Crippen LogP contribution is -1.98. The third kappa shape index (κ3) is 2.10. The summed E-state index contributed by atoms with van der Waals surface area (Å²) in [7, 11) is 0. The summed E-state index contributed by atoms with van der Waals surface area (Å²) >= 11 is 0. The molecule has 0 aliphatic rings. The predicted molar refractivity (Wildman–Crippen MR) is 71.9 cm³/mol. The van der Waals surface area contributed by atoms with Crippen LogP contribution in [-0.2, 0) is 0 Å². The van der Waals surface area contributed by atoms with Crippen molar-refractivity contribution in [2.45, 2.75) is 6.92 Å². The lowest BCUT2D eigenvalue weighted by atomic mass is 10.1. The molecule has 0 spiro atoms. The molecule has 2 heterocycles. The molecule has 0 amide bonds. The van der Waals surface area contributed by atoms with Crippen molar-refractivity contribution in [1.82, 2.24) is 15.0 Å². The molecule has 0 atom stereocenters. The van der Waals surface area contributed by atoms with Crippen LogP contribution in [0.4, 0.5) is 10.2 Å². The van der Waals surface area contributed by atoms with Crippen LogP contribution in [0.25, 0.3) is 22.2 Å². The number of halogens is 1. The zero-order valence-electron chi connectivity index (χ0n) is 10.3. The molecule has 3 aromatic rings. The number of aryl methyl sites for hydroxylation is 1. The Labute approximate surface area is 109 Å². The molecule has 4 nitrogen and oxygen atoms in total. The topological polar surface area (TPSA) is 64.7 Å². The first-order valence-electron chi connectivity index (χ1n) is 5.79. The van der Waals surface area contributed by atoms with Gasteiger partial charge in [0.25, 0.3) is 0 Å². The zero-order valence-corrected chi connectivity index (χ0v) is 10.3. The Morgan fingerprint density at radius 1 is 1.11 bits per heavy atom. The van der Waals surface area contributed by atoms with E-state index < -0.39 is 0 Å². The number of anilines is 1. The molecule has 0 aliphatic carbocycles. The van der Waals surface area contributed by atoms with E-state index in [2.05, 4.69) is 15.0 Å². The first kappa shape index (κ1) is 11.5. The van der Waals surface area contributed by atoms with Crippen LogP contribution in [-0.4, -0.2) is 15.0 Å². The molecule has 0 unspecified atom stereocenters. The van der Waals surface area contributed by atoms with Gasteiger partial charge in [-0.2, -0.15) is 0 Å². The second-order valence-corrected chi connectivity index (χ2v) is 4.26. The fraction of sp³-hybridized carbons (Fsp3) is 0.0714. The number of pyridine rings is 1. The van der Waals surface area contributed by atoms with Crippen LogP contribution in [0.2, 0.25) is 0 Å². The van der Waals surface area contributed by atoms with Gasteiger partial charge in [0.15, 0.2) is 5.65 Å². The third-order valence-corrected chi connectivity index (χ3v) is 2.87. The molecular weight excluding hydrogens is 243 g/mol. The molecule has 3 rings (SSSR count). The third-order valence-electron chi connectivity index (χ3n) is 2.87. The maximum Gasteiger partial charge on any atom is 0.165 e. The number of fused-ring (bicyclic) bond motifs is 1. The van der Waals surface area contributed by atoms with E-state index in [9.17, 15) is 4.39 Å². The Morgan fingerprint density at radius 3 is 2.58 bits per heavy atom.